The van der Waals surface area contributed by atoms with Crippen LogP contribution in [-0.4, -0.2) is 110 Å². The van der Waals surface area contributed by atoms with Gasteiger partial charge in [-0.05, 0) is 70.6 Å². The van der Waals surface area contributed by atoms with E-state index in [1.807, 2.05) is 0 Å². The summed E-state index contributed by atoms with van der Waals surface area (Å²) >= 11 is 0. The van der Waals surface area contributed by atoms with Crippen LogP contribution in [0.4, 0.5) is 0 Å². The number of hydrogen-bond acceptors (Lipinski definition) is 10. The van der Waals surface area contributed by atoms with Crippen LogP contribution in [0.5, 0.6) is 0 Å². The zero-order chi connectivity index (χ0) is 49.0. The van der Waals surface area contributed by atoms with Gasteiger partial charge in [-0.15, -0.1) is 0 Å². The molecule has 9 atom stereocenters. The van der Waals surface area contributed by atoms with Gasteiger partial charge in [-0.3, -0.25) is 4.79 Å². The summed E-state index contributed by atoms with van der Waals surface area (Å²) in [5, 5.41) is 76.0. The van der Waals surface area contributed by atoms with E-state index in [9.17, 15) is 40.5 Å². The van der Waals surface area contributed by atoms with Crippen molar-refractivity contribution >= 4 is 5.91 Å². The first-order valence-electron chi connectivity index (χ1n) is 27.9. The highest BCUT2D eigenvalue weighted by molar-refractivity contribution is 5.80. The van der Waals surface area contributed by atoms with Crippen molar-refractivity contribution < 1.29 is 50.0 Å². The van der Waals surface area contributed by atoms with Crippen LogP contribution in [0.3, 0.4) is 0 Å². The molecular weight excluding hydrogens is 847 g/mol. The quantitative estimate of drug-likeness (QED) is 0.0215. The number of nitrogens with one attached hydrogen (secondary N) is 1. The van der Waals surface area contributed by atoms with E-state index < -0.39 is 74.2 Å². The molecule has 11 nitrogen and oxygen atoms in total. The van der Waals surface area contributed by atoms with Gasteiger partial charge >= 0.3 is 0 Å². The van der Waals surface area contributed by atoms with Gasteiger partial charge in [-0.2, -0.15) is 0 Å². The van der Waals surface area contributed by atoms with Gasteiger partial charge in [0.15, 0.2) is 6.29 Å². The van der Waals surface area contributed by atoms with E-state index in [1.54, 1.807) is 0 Å². The maximum absolute atomic E-state index is 13.1. The van der Waals surface area contributed by atoms with E-state index in [1.165, 1.54) is 141 Å². The molecule has 1 heterocycles. The maximum Gasteiger partial charge on any atom is 0.249 e. The van der Waals surface area contributed by atoms with Crippen LogP contribution in [0.2, 0.25) is 0 Å². The largest absolute Gasteiger partial charge is 0.394 e. The van der Waals surface area contributed by atoms with Crippen molar-refractivity contribution in [2.45, 2.75) is 300 Å². The normalized spacial score (nSPS) is 20.9. The second-order valence-electron chi connectivity index (χ2n) is 19.6. The van der Waals surface area contributed by atoms with Crippen molar-refractivity contribution in [3.8, 4) is 0 Å². The Labute approximate surface area is 409 Å². The molecule has 8 N–H and O–H groups in total. The number of carbonyl (C=O) groups excluding carboxylic acids is 1. The lowest BCUT2D eigenvalue weighted by Gasteiger charge is -2.40. The Balaban J connectivity index is 2.35. The SMILES string of the molecule is CCCCC/C=C\C/C=C\CCCCCCCCC(O)C(=O)NC(COC1OC(CO)C(O)C(O)C1O)C(O)C(O)CCC/C=C/CCCCCCCCCCCCCCCCCCCCC. The Bertz CT molecular complexity index is 1180. The molecule has 67 heavy (non-hydrogen) atoms. The Morgan fingerprint density at radius 1 is 0.522 bits per heavy atom. The lowest BCUT2D eigenvalue weighted by Crippen LogP contribution is -2.60. The molecule has 1 rings (SSSR count). The first-order valence-corrected chi connectivity index (χ1v) is 27.9. The van der Waals surface area contributed by atoms with Crippen molar-refractivity contribution in [3.05, 3.63) is 36.5 Å². The second-order valence-corrected chi connectivity index (χ2v) is 19.6. The number of rotatable bonds is 47. The van der Waals surface area contributed by atoms with Gasteiger partial charge in [-0.25, -0.2) is 0 Å². The third-order valence-electron chi connectivity index (χ3n) is 13.4. The number of ether oxygens (including phenoxy) is 2. The monoisotopic (exact) mass is 952 g/mol. The Morgan fingerprint density at radius 2 is 0.925 bits per heavy atom. The summed E-state index contributed by atoms with van der Waals surface area (Å²) < 4.78 is 11.1. The summed E-state index contributed by atoms with van der Waals surface area (Å²) in [5.74, 6) is -0.714. The van der Waals surface area contributed by atoms with E-state index in [2.05, 4.69) is 55.6 Å². The van der Waals surface area contributed by atoms with Gasteiger partial charge in [0.1, 0.15) is 36.6 Å². The first kappa shape index (κ1) is 63.3. The van der Waals surface area contributed by atoms with Crippen LogP contribution in [0, 0.1) is 0 Å². The van der Waals surface area contributed by atoms with Crippen LogP contribution in [0.1, 0.15) is 245 Å². The fourth-order valence-electron chi connectivity index (χ4n) is 8.83. The Hall–Kier alpha value is -1.67. The van der Waals surface area contributed by atoms with Gasteiger partial charge in [0.25, 0.3) is 0 Å². The van der Waals surface area contributed by atoms with Crippen molar-refractivity contribution in [2.75, 3.05) is 13.2 Å². The molecule has 0 aliphatic carbocycles. The van der Waals surface area contributed by atoms with Crippen molar-refractivity contribution in [1.82, 2.24) is 5.32 Å². The summed E-state index contributed by atoms with van der Waals surface area (Å²) in [5.41, 5.74) is 0. The maximum atomic E-state index is 13.1. The van der Waals surface area contributed by atoms with Crippen LogP contribution >= 0.6 is 0 Å². The van der Waals surface area contributed by atoms with Gasteiger partial charge in [0.05, 0.1) is 25.4 Å². The molecule has 11 heteroatoms. The van der Waals surface area contributed by atoms with Crippen molar-refractivity contribution in [2.24, 2.45) is 0 Å². The molecule has 0 aromatic rings. The molecule has 1 fully saturated rings. The standard InChI is InChI=1S/C56H105NO10/c1-3-5-7-9-11-13-15-17-19-21-22-23-24-25-26-27-28-30-31-33-35-37-39-41-43-48(59)51(61)47(46-66-56-54(64)53(63)52(62)50(45-58)67-56)57-55(65)49(60)44-42-40-38-36-34-32-29-20-18-16-14-12-10-8-6-4-2/h12,14,18,20,35,37,47-54,56,58-64H,3-11,13,15-17,19,21-34,36,38-46H2,1-2H3,(H,57,65)/b14-12-,20-18-,37-35+. The van der Waals surface area contributed by atoms with Crippen LogP contribution in [0.25, 0.3) is 0 Å². The number of allylic oxidation sites excluding steroid dienone is 6. The van der Waals surface area contributed by atoms with Crippen LogP contribution < -0.4 is 5.32 Å². The number of carbonyl (C=O) groups is 1. The minimum Gasteiger partial charge on any atom is -0.394 e. The highest BCUT2D eigenvalue weighted by Crippen LogP contribution is 2.23. The Kier molecular flexibility index (Phi) is 43.0. The molecule has 9 unspecified atom stereocenters. The number of aliphatic hydroxyl groups excluding tert-OH is 7. The Morgan fingerprint density at radius 3 is 1.40 bits per heavy atom. The number of amides is 1. The predicted octanol–water partition coefficient (Wildman–Crippen LogP) is 11.1. The third kappa shape index (κ3) is 34.3. The number of unbranched alkanes of at least 4 members (excludes halogenated alkanes) is 29. The highest BCUT2D eigenvalue weighted by Gasteiger charge is 2.44. The van der Waals surface area contributed by atoms with Crippen molar-refractivity contribution in [3.63, 3.8) is 0 Å². The minimum atomic E-state index is -1.67. The molecule has 1 aliphatic heterocycles. The molecule has 0 aromatic carbocycles. The molecule has 0 bridgehead atoms. The molecule has 1 aliphatic rings. The molecule has 394 valence electrons. The smallest absolute Gasteiger partial charge is 0.249 e. The summed E-state index contributed by atoms with van der Waals surface area (Å²) in [6.07, 6.45) is 43.4. The van der Waals surface area contributed by atoms with Gasteiger partial charge in [-0.1, -0.05) is 211 Å². The van der Waals surface area contributed by atoms with Crippen molar-refractivity contribution in [1.29, 1.82) is 0 Å². The molecular formula is C56H105NO10. The summed E-state index contributed by atoms with van der Waals surface area (Å²) in [4.78, 5) is 13.1. The van der Waals surface area contributed by atoms with Gasteiger partial charge in [0.2, 0.25) is 5.91 Å². The van der Waals surface area contributed by atoms with E-state index >= 15 is 0 Å². The average molecular weight is 952 g/mol. The predicted molar refractivity (Wildman–Crippen MR) is 275 cm³/mol. The van der Waals surface area contributed by atoms with Gasteiger partial charge < -0.3 is 50.5 Å². The van der Waals surface area contributed by atoms with E-state index in [0.717, 1.165) is 64.2 Å². The summed E-state index contributed by atoms with van der Waals surface area (Å²) in [7, 11) is 0. The third-order valence-corrected chi connectivity index (χ3v) is 13.4. The van der Waals surface area contributed by atoms with E-state index in [0.29, 0.717) is 12.8 Å². The number of hydrogen-bond donors (Lipinski definition) is 8. The molecule has 1 amide bonds. The average Bonchev–Trinajstić information content (AvgIpc) is 3.33. The zero-order valence-corrected chi connectivity index (χ0v) is 42.9. The fourth-order valence-corrected chi connectivity index (χ4v) is 8.83. The first-order chi connectivity index (χ1) is 32.7. The minimum absolute atomic E-state index is 0.241. The van der Waals surface area contributed by atoms with E-state index in [4.69, 9.17) is 9.47 Å². The molecule has 0 aromatic heterocycles. The highest BCUT2D eigenvalue weighted by atomic mass is 16.7. The van der Waals surface area contributed by atoms with Crippen LogP contribution in [-0.2, 0) is 14.3 Å². The topological polar surface area (TPSA) is 189 Å². The molecule has 0 saturated carbocycles. The second kappa shape index (κ2) is 45.5. The lowest BCUT2D eigenvalue weighted by molar-refractivity contribution is -0.303. The summed E-state index contributed by atoms with van der Waals surface area (Å²) in [6, 6.07) is -1.19. The zero-order valence-electron chi connectivity index (χ0n) is 42.9. The van der Waals surface area contributed by atoms with E-state index in [-0.39, 0.29) is 12.8 Å². The summed E-state index contributed by atoms with van der Waals surface area (Å²) in [6.45, 7) is 3.42. The van der Waals surface area contributed by atoms with Crippen LogP contribution in [0.15, 0.2) is 36.5 Å². The lowest BCUT2D eigenvalue weighted by atomic mass is 9.98. The molecule has 0 spiro atoms. The number of aliphatic hydroxyl groups is 7. The molecule has 0 radical (unpaired) electrons. The molecule has 1 saturated heterocycles. The fraction of sp³-hybridized carbons (Fsp3) is 0.875. The van der Waals surface area contributed by atoms with Gasteiger partial charge in [0, 0.05) is 0 Å².